The zero-order valence-electron chi connectivity index (χ0n) is 15.9. The molecule has 3 heterocycles. The summed E-state index contributed by atoms with van der Waals surface area (Å²) in [5, 5.41) is 11.4. The lowest BCUT2D eigenvalue weighted by Crippen LogP contribution is -2.32. The first kappa shape index (κ1) is 18.9. The molecule has 1 N–H and O–H groups in total. The van der Waals surface area contributed by atoms with Gasteiger partial charge in [-0.2, -0.15) is 0 Å². The molecule has 1 aliphatic heterocycles. The summed E-state index contributed by atoms with van der Waals surface area (Å²) >= 11 is 0. The summed E-state index contributed by atoms with van der Waals surface area (Å²) in [4.78, 5) is 31.7. The van der Waals surface area contributed by atoms with Crippen LogP contribution in [0.3, 0.4) is 0 Å². The van der Waals surface area contributed by atoms with Crippen molar-refractivity contribution in [2.75, 3.05) is 20.3 Å². The molecule has 0 spiro atoms. The molecule has 1 unspecified atom stereocenters. The number of aliphatic hydroxyl groups excluding tert-OH is 1. The molecule has 0 fully saturated rings. The van der Waals surface area contributed by atoms with Gasteiger partial charge in [-0.15, -0.1) is 0 Å². The highest BCUT2D eigenvalue weighted by Gasteiger charge is 2.44. The highest BCUT2D eigenvalue weighted by molar-refractivity contribution is 6.15. The topological polar surface area (TPSA) is 92.9 Å². The van der Waals surface area contributed by atoms with Crippen molar-refractivity contribution in [3.63, 3.8) is 0 Å². The molecule has 0 aliphatic carbocycles. The summed E-state index contributed by atoms with van der Waals surface area (Å²) in [6.07, 6.45) is 3.77. The number of hydrogen-bond donors (Lipinski definition) is 1. The Kier molecular flexibility index (Phi) is 5.14. The van der Waals surface area contributed by atoms with Gasteiger partial charge >= 0.3 is 0 Å². The normalized spacial score (nSPS) is 16.8. The number of furan rings is 1. The largest absolute Gasteiger partial charge is 0.503 e. The van der Waals surface area contributed by atoms with Gasteiger partial charge in [0.2, 0.25) is 5.78 Å². The second kappa shape index (κ2) is 7.89. The third-order valence-corrected chi connectivity index (χ3v) is 4.95. The minimum Gasteiger partial charge on any atom is -0.503 e. The maximum atomic E-state index is 13.3. The number of para-hydroxylation sites is 1. The van der Waals surface area contributed by atoms with E-state index in [1.165, 1.54) is 4.90 Å². The number of carbonyl (C=O) groups excluding carboxylic acids is 2. The zero-order chi connectivity index (χ0) is 20.4. The number of benzene rings is 1. The van der Waals surface area contributed by atoms with Gasteiger partial charge < -0.3 is 19.2 Å². The van der Waals surface area contributed by atoms with Gasteiger partial charge in [-0.1, -0.05) is 24.3 Å². The molecule has 4 rings (SSSR count). The average molecular weight is 392 g/mol. The number of Topliss-reactive ketones (excluding diaryl/α,β-unsaturated/α-hetero) is 1. The number of amides is 1. The molecule has 29 heavy (non-hydrogen) atoms. The average Bonchev–Trinajstić information content (AvgIpc) is 3.29. The second-order valence-electron chi connectivity index (χ2n) is 6.77. The van der Waals surface area contributed by atoms with Crippen LogP contribution in [0.15, 0.2) is 70.6 Å². The molecule has 1 amide bonds. The van der Waals surface area contributed by atoms with Crippen LogP contribution in [0.2, 0.25) is 0 Å². The number of hydrogen-bond acceptors (Lipinski definition) is 6. The minimum atomic E-state index is -0.742. The fraction of sp³-hybridized carbons (Fsp3) is 0.227. The van der Waals surface area contributed by atoms with Gasteiger partial charge in [0.25, 0.3) is 5.91 Å². The predicted octanol–water partition coefficient (Wildman–Crippen LogP) is 3.44. The molecule has 3 aromatic rings. The SMILES string of the molecule is COCCCN1C(=O)C(O)=C(C(=O)c2cc3ccccc3o2)C1c1cccnc1. The van der Waals surface area contributed by atoms with E-state index >= 15 is 0 Å². The van der Waals surface area contributed by atoms with Gasteiger partial charge in [-0.05, 0) is 30.2 Å². The van der Waals surface area contributed by atoms with Crippen molar-refractivity contribution in [2.45, 2.75) is 12.5 Å². The molecule has 7 heteroatoms. The number of aromatic nitrogens is 1. The van der Waals surface area contributed by atoms with Gasteiger partial charge in [0.05, 0.1) is 11.6 Å². The molecule has 0 saturated carbocycles. The summed E-state index contributed by atoms with van der Waals surface area (Å²) in [7, 11) is 1.58. The Bertz CT molecular complexity index is 1050. The predicted molar refractivity (Wildman–Crippen MR) is 105 cm³/mol. The quantitative estimate of drug-likeness (QED) is 0.489. The third kappa shape index (κ3) is 3.40. The number of methoxy groups -OCH3 is 1. The summed E-state index contributed by atoms with van der Waals surface area (Å²) in [5.41, 5.74) is 1.20. The fourth-order valence-corrected chi connectivity index (χ4v) is 3.61. The van der Waals surface area contributed by atoms with Crippen molar-refractivity contribution < 1.29 is 23.8 Å². The lowest BCUT2D eigenvalue weighted by molar-refractivity contribution is -0.129. The van der Waals surface area contributed by atoms with E-state index in [4.69, 9.17) is 9.15 Å². The monoisotopic (exact) mass is 392 g/mol. The number of rotatable bonds is 7. The molecule has 0 bridgehead atoms. The summed E-state index contributed by atoms with van der Waals surface area (Å²) in [6, 6.07) is 11.6. The number of nitrogens with zero attached hydrogens (tertiary/aromatic N) is 2. The third-order valence-electron chi connectivity index (χ3n) is 4.95. The van der Waals surface area contributed by atoms with E-state index in [0.29, 0.717) is 30.7 Å². The van der Waals surface area contributed by atoms with Crippen molar-refractivity contribution in [2.24, 2.45) is 0 Å². The number of pyridine rings is 1. The molecule has 1 aliphatic rings. The van der Waals surface area contributed by atoms with Gasteiger partial charge in [0, 0.05) is 38.0 Å². The van der Waals surface area contributed by atoms with Crippen LogP contribution < -0.4 is 0 Å². The Morgan fingerprint density at radius 2 is 2.10 bits per heavy atom. The molecule has 148 valence electrons. The maximum absolute atomic E-state index is 13.3. The van der Waals surface area contributed by atoms with Crippen LogP contribution in [0, 0.1) is 0 Å². The molecule has 1 atom stereocenters. The minimum absolute atomic E-state index is 0.000488. The standard InChI is InChI=1S/C22H20N2O5/c1-28-11-5-10-24-19(15-7-4-9-23-13-15)18(21(26)22(24)27)20(25)17-12-14-6-2-3-8-16(14)29-17/h2-4,6-9,12-13,19,26H,5,10-11H2,1H3. The fourth-order valence-electron chi connectivity index (χ4n) is 3.61. The van der Waals surface area contributed by atoms with Crippen molar-refractivity contribution in [1.82, 2.24) is 9.88 Å². The lowest BCUT2D eigenvalue weighted by atomic mass is 9.96. The Balaban J connectivity index is 1.75. The first-order valence-corrected chi connectivity index (χ1v) is 9.28. The Morgan fingerprint density at radius 1 is 1.28 bits per heavy atom. The molecular weight excluding hydrogens is 372 g/mol. The van der Waals surface area contributed by atoms with Crippen LogP contribution in [0.4, 0.5) is 0 Å². The molecule has 2 aromatic heterocycles. The van der Waals surface area contributed by atoms with Gasteiger partial charge in [-0.25, -0.2) is 0 Å². The van der Waals surface area contributed by atoms with Crippen LogP contribution in [0.1, 0.15) is 28.6 Å². The molecular formula is C22H20N2O5. The Morgan fingerprint density at radius 3 is 2.83 bits per heavy atom. The lowest BCUT2D eigenvalue weighted by Gasteiger charge is -2.26. The van der Waals surface area contributed by atoms with E-state index in [1.54, 1.807) is 43.8 Å². The number of aliphatic hydroxyl groups is 1. The number of fused-ring (bicyclic) bond motifs is 1. The molecule has 1 aromatic carbocycles. The zero-order valence-corrected chi connectivity index (χ0v) is 15.9. The van der Waals surface area contributed by atoms with E-state index in [2.05, 4.69) is 4.98 Å². The van der Waals surface area contributed by atoms with Gasteiger partial charge in [0.1, 0.15) is 5.58 Å². The summed E-state index contributed by atoms with van der Waals surface area (Å²) < 4.78 is 10.8. The van der Waals surface area contributed by atoms with Crippen molar-refractivity contribution in [3.8, 4) is 0 Å². The van der Waals surface area contributed by atoms with Crippen molar-refractivity contribution in [1.29, 1.82) is 0 Å². The second-order valence-corrected chi connectivity index (χ2v) is 6.77. The number of ether oxygens (including phenoxy) is 1. The maximum Gasteiger partial charge on any atom is 0.290 e. The summed E-state index contributed by atoms with van der Waals surface area (Å²) in [5.74, 6) is -1.58. The first-order valence-electron chi connectivity index (χ1n) is 9.28. The van der Waals surface area contributed by atoms with Crippen molar-refractivity contribution >= 4 is 22.7 Å². The highest BCUT2D eigenvalue weighted by atomic mass is 16.5. The molecule has 0 saturated heterocycles. The molecule has 7 nitrogen and oxygen atoms in total. The van der Waals surface area contributed by atoms with E-state index in [-0.39, 0.29) is 11.3 Å². The van der Waals surface area contributed by atoms with Gasteiger partial charge in [-0.3, -0.25) is 14.6 Å². The highest BCUT2D eigenvalue weighted by Crippen LogP contribution is 2.39. The van der Waals surface area contributed by atoms with Crippen LogP contribution in [0.25, 0.3) is 11.0 Å². The summed E-state index contributed by atoms with van der Waals surface area (Å²) in [6.45, 7) is 0.782. The van der Waals surface area contributed by atoms with Crippen LogP contribution in [0.5, 0.6) is 0 Å². The van der Waals surface area contributed by atoms with E-state index in [1.807, 2.05) is 18.2 Å². The van der Waals surface area contributed by atoms with E-state index < -0.39 is 23.5 Å². The van der Waals surface area contributed by atoms with E-state index in [0.717, 1.165) is 5.39 Å². The van der Waals surface area contributed by atoms with Crippen LogP contribution >= 0.6 is 0 Å². The molecule has 0 radical (unpaired) electrons. The van der Waals surface area contributed by atoms with E-state index in [9.17, 15) is 14.7 Å². The Labute approximate surface area is 167 Å². The Hall–Kier alpha value is -3.45. The van der Waals surface area contributed by atoms with Crippen molar-refractivity contribution in [3.05, 3.63) is 77.5 Å². The first-order chi connectivity index (χ1) is 14.1. The van der Waals surface area contributed by atoms with Crippen LogP contribution in [-0.4, -0.2) is 46.9 Å². The smallest absolute Gasteiger partial charge is 0.290 e. The number of carbonyl (C=O) groups is 2. The van der Waals surface area contributed by atoms with Crippen LogP contribution in [-0.2, 0) is 9.53 Å². The number of ketones is 1. The van der Waals surface area contributed by atoms with Gasteiger partial charge in [0.15, 0.2) is 11.5 Å².